The van der Waals surface area contributed by atoms with Crippen molar-refractivity contribution >= 4 is 5.91 Å². The predicted octanol–water partition coefficient (Wildman–Crippen LogP) is 2.28. The van der Waals surface area contributed by atoms with Crippen LogP contribution in [-0.4, -0.2) is 19.0 Å². The number of rotatable bonds is 6. The lowest BCUT2D eigenvalue weighted by Crippen LogP contribution is -2.37. The van der Waals surface area contributed by atoms with Gasteiger partial charge in [-0.3, -0.25) is 4.79 Å². The third kappa shape index (κ3) is 4.49. The molecule has 0 heterocycles. The second-order valence-electron chi connectivity index (χ2n) is 5.55. The lowest BCUT2D eigenvalue weighted by molar-refractivity contribution is -0.122. The van der Waals surface area contributed by atoms with E-state index in [0.717, 1.165) is 12.0 Å². The van der Waals surface area contributed by atoms with Crippen LogP contribution in [0.3, 0.4) is 0 Å². The largest absolute Gasteiger partial charge is 0.355 e. The fourth-order valence-corrected chi connectivity index (χ4v) is 1.85. The van der Waals surface area contributed by atoms with Crippen LogP contribution in [-0.2, 0) is 4.79 Å². The summed E-state index contributed by atoms with van der Waals surface area (Å²) in [6.45, 7) is 7.48. The van der Waals surface area contributed by atoms with Gasteiger partial charge in [-0.05, 0) is 30.9 Å². The normalized spacial score (nSPS) is 13.1. The van der Waals surface area contributed by atoms with E-state index in [-0.39, 0.29) is 17.2 Å². The third-order valence-corrected chi connectivity index (χ3v) is 3.26. The number of nitrogens with two attached hydrogens (primary N) is 1. The smallest absolute Gasteiger partial charge is 0.227 e. The van der Waals surface area contributed by atoms with Gasteiger partial charge in [-0.15, -0.1) is 0 Å². The van der Waals surface area contributed by atoms with Crippen LogP contribution in [0, 0.1) is 5.41 Å². The third-order valence-electron chi connectivity index (χ3n) is 3.26. The van der Waals surface area contributed by atoms with E-state index in [1.54, 1.807) is 0 Å². The fourth-order valence-electron chi connectivity index (χ4n) is 1.85. The van der Waals surface area contributed by atoms with E-state index in [9.17, 15) is 4.79 Å². The quantitative estimate of drug-likeness (QED) is 0.811. The van der Waals surface area contributed by atoms with Crippen LogP contribution in [0.2, 0.25) is 0 Å². The second-order valence-corrected chi connectivity index (χ2v) is 5.55. The standard InChI is InChI=1S/C15H24N2O/c1-12(13-7-5-4-6-8-13)14(18)17-11-15(2,3)9-10-16/h4-8,12H,9-11,16H2,1-3H3,(H,17,18). The van der Waals surface area contributed by atoms with Gasteiger partial charge in [0.2, 0.25) is 5.91 Å². The Morgan fingerprint density at radius 1 is 1.33 bits per heavy atom. The summed E-state index contributed by atoms with van der Waals surface area (Å²) >= 11 is 0. The molecule has 3 nitrogen and oxygen atoms in total. The van der Waals surface area contributed by atoms with Crippen molar-refractivity contribution in [2.24, 2.45) is 11.1 Å². The Hall–Kier alpha value is -1.35. The van der Waals surface area contributed by atoms with Gasteiger partial charge in [0.15, 0.2) is 0 Å². The molecule has 0 radical (unpaired) electrons. The molecule has 1 rings (SSSR count). The maximum absolute atomic E-state index is 12.1. The van der Waals surface area contributed by atoms with Crippen molar-refractivity contribution in [2.75, 3.05) is 13.1 Å². The summed E-state index contributed by atoms with van der Waals surface area (Å²) in [5, 5.41) is 3.01. The zero-order valence-electron chi connectivity index (χ0n) is 11.6. The van der Waals surface area contributed by atoms with Gasteiger partial charge < -0.3 is 11.1 Å². The van der Waals surface area contributed by atoms with Crippen molar-refractivity contribution in [2.45, 2.75) is 33.1 Å². The molecule has 0 aliphatic carbocycles. The van der Waals surface area contributed by atoms with Gasteiger partial charge >= 0.3 is 0 Å². The molecule has 0 aromatic heterocycles. The van der Waals surface area contributed by atoms with Gasteiger partial charge in [0, 0.05) is 6.54 Å². The van der Waals surface area contributed by atoms with Gasteiger partial charge in [0.25, 0.3) is 0 Å². The average Bonchev–Trinajstić information content (AvgIpc) is 2.36. The van der Waals surface area contributed by atoms with Crippen LogP contribution < -0.4 is 11.1 Å². The SMILES string of the molecule is CC(C(=O)NCC(C)(C)CCN)c1ccccc1. The van der Waals surface area contributed by atoms with Crippen molar-refractivity contribution < 1.29 is 4.79 Å². The number of carbonyl (C=O) groups excluding carboxylic acids is 1. The minimum atomic E-state index is -0.111. The zero-order valence-corrected chi connectivity index (χ0v) is 11.6. The van der Waals surface area contributed by atoms with Crippen molar-refractivity contribution in [3.8, 4) is 0 Å². The maximum Gasteiger partial charge on any atom is 0.227 e. The molecule has 100 valence electrons. The fraction of sp³-hybridized carbons (Fsp3) is 0.533. The van der Waals surface area contributed by atoms with Crippen LogP contribution in [0.4, 0.5) is 0 Å². The highest BCUT2D eigenvalue weighted by atomic mass is 16.1. The van der Waals surface area contributed by atoms with Crippen molar-refractivity contribution in [3.63, 3.8) is 0 Å². The second kappa shape index (κ2) is 6.55. The molecular weight excluding hydrogens is 224 g/mol. The number of hydrogen-bond donors (Lipinski definition) is 2. The van der Waals surface area contributed by atoms with E-state index in [0.29, 0.717) is 13.1 Å². The molecule has 0 saturated carbocycles. The van der Waals surface area contributed by atoms with Crippen LogP contribution in [0.1, 0.15) is 38.7 Å². The van der Waals surface area contributed by atoms with Gasteiger partial charge in [-0.2, -0.15) is 0 Å². The van der Waals surface area contributed by atoms with E-state index in [1.165, 1.54) is 0 Å². The molecular formula is C15H24N2O. The highest BCUT2D eigenvalue weighted by Crippen LogP contribution is 2.19. The highest BCUT2D eigenvalue weighted by molar-refractivity contribution is 5.83. The van der Waals surface area contributed by atoms with E-state index in [1.807, 2.05) is 37.3 Å². The molecule has 0 aliphatic heterocycles. The molecule has 1 unspecified atom stereocenters. The topological polar surface area (TPSA) is 55.1 Å². The van der Waals surface area contributed by atoms with E-state index in [4.69, 9.17) is 5.73 Å². The van der Waals surface area contributed by atoms with Gasteiger partial charge in [0.05, 0.1) is 5.92 Å². The lowest BCUT2D eigenvalue weighted by Gasteiger charge is -2.25. The number of amides is 1. The van der Waals surface area contributed by atoms with Crippen molar-refractivity contribution in [1.29, 1.82) is 0 Å². The summed E-state index contributed by atoms with van der Waals surface area (Å²) in [4.78, 5) is 12.1. The Morgan fingerprint density at radius 3 is 2.50 bits per heavy atom. The average molecular weight is 248 g/mol. The summed E-state index contributed by atoms with van der Waals surface area (Å²) < 4.78 is 0. The Morgan fingerprint density at radius 2 is 1.94 bits per heavy atom. The highest BCUT2D eigenvalue weighted by Gasteiger charge is 2.20. The van der Waals surface area contributed by atoms with Crippen LogP contribution in [0.25, 0.3) is 0 Å². The molecule has 3 heteroatoms. The van der Waals surface area contributed by atoms with Crippen molar-refractivity contribution in [3.05, 3.63) is 35.9 Å². The first-order chi connectivity index (χ1) is 8.46. The molecule has 0 aliphatic rings. The zero-order chi connectivity index (χ0) is 13.6. The number of hydrogen-bond acceptors (Lipinski definition) is 2. The molecule has 1 aromatic carbocycles. The minimum absolute atomic E-state index is 0.0564. The van der Waals surface area contributed by atoms with Crippen molar-refractivity contribution in [1.82, 2.24) is 5.32 Å². The first kappa shape index (κ1) is 14.7. The summed E-state index contributed by atoms with van der Waals surface area (Å²) in [7, 11) is 0. The van der Waals surface area contributed by atoms with Gasteiger partial charge in [-0.1, -0.05) is 44.2 Å². The van der Waals surface area contributed by atoms with Crippen LogP contribution in [0.15, 0.2) is 30.3 Å². The molecule has 3 N–H and O–H groups in total. The minimum Gasteiger partial charge on any atom is -0.355 e. The molecule has 0 fully saturated rings. The Labute approximate surface area is 110 Å². The van der Waals surface area contributed by atoms with Gasteiger partial charge in [0.1, 0.15) is 0 Å². The molecule has 1 atom stereocenters. The summed E-state index contributed by atoms with van der Waals surface area (Å²) in [5.74, 6) is -0.0360. The summed E-state index contributed by atoms with van der Waals surface area (Å²) in [6.07, 6.45) is 0.910. The Bertz CT molecular complexity index is 373. The first-order valence-corrected chi connectivity index (χ1v) is 6.49. The summed E-state index contributed by atoms with van der Waals surface area (Å²) in [6, 6.07) is 9.83. The molecule has 1 amide bonds. The molecule has 0 bridgehead atoms. The van der Waals surface area contributed by atoms with Crippen LogP contribution >= 0.6 is 0 Å². The first-order valence-electron chi connectivity index (χ1n) is 6.49. The van der Waals surface area contributed by atoms with Gasteiger partial charge in [-0.25, -0.2) is 0 Å². The predicted molar refractivity (Wildman–Crippen MR) is 75.3 cm³/mol. The molecule has 0 spiro atoms. The van der Waals surface area contributed by atoms with Crippen LogP contribution in [0.5, 0.6) is 0 Å². The molecule has 18 heavy (non-hydrogen) atoms. The Balaban J connectivity index is 2.51. The number of carbonyl (C=O) groups is 1. The molecule has 0 saturated heterocycles. The Kier molecular flexibility index (Phi) is 5.35. The number of benzene rings is 1. The molecule has 1 aromatic rings. The van der Waals surface area contributed by atoms with E-state index >= 15 is 0 Å². The lowest BCUT2D eigenvalue weighted by atomic mass is 9.89. The maximum atomic E-state index is 12.1. The van der Waals surface area contributed by atoms with E-state index in [2.05, 4.69) is 19.2 Å². The summed E-state index contributed by atoms with van der Waals surface area (Å²) in [5.41, 5.74) is 6.66. The van der Waals surface area contributed by atoms with E-state index < -0.39 is 0 Å². The monoisotopic (exact) mass is 248 g/mol. The number of nitrogens with one attached hydrogen (secondary N) is 1.